The third-order valence-corrected chi connectivity index (χ3v) is 2.90. The summed E-state index contributed by atoms with van der Waals surface area (Å²) in [5.74, 6) is 1.83. The van der Waals surface area contributed by atoms with E-state index in [0.29, 0.717) is 23.0 Å². The van der Waals surface area contributed by atoms with Gasteiger partial charge < -0.3 is 5.32 Å². The molecule has 0 saturated carbocycles. The van der Waals surface area contributed by atoms with Gasteiger partial charge in [0.2, 0.25) is 0 Å². The third kappa shape index (κ3) is 4.58. The van der Waals surface area contributed by atoms with Gasteiger partial charge >= 0.3 is 0 Å². The quantitative estimate of drug-likeness (QED) is 0.657. The maximum Gasteiger partial charge on any atom is 0.252 e. The van der Waals surface area contributed by atoms with Crippen molar-refractivity contribution in [2.75, 3.05) is 6.54 Å². The molecule has 0 fully saturated rings. The number of carbonyl (C=O) groups excluding carboxylic acids is 1. The molecule has 1 rings (SSSR count). The zero-order valence-electron chi connectivity index (χ0n) is 9.30. The van der Waals surface area contributed by atoms with Gasteiger partial charge in [0.15, 0.2) is 0 Å². The second-order valence-corrected chi connectivity index (χ2v) is 4.40. The molecule has 4 heteroatoms. The van der Waals surface area contributed by atoms with Crippen LogP contribution in [0.2, 0.25) is 0 Å². The molecule has 0 radical (unpaired) electrons. The smallest absolute Gasteiger partial charge is 0.252 e. The van der Waals surface area contributed by atoms with Crippen molar-refractivity contribution in [3.63, 3.8) is 0 Å². The van der Waals surface area contributed by atoms with Crippen LogP contribution in [0.4, 0.5) is 4.39 Å². The molecule has 1 aromatic rings. The topological polar surface area (TPSA) is 29.1 Å². The number of terminal acetylenes is 1. The number of benzene rings is 1. The van der Waals surface area contributed by atoms with Crippen LogP contribution in [0.5, 0.6) is 0 Å². The van der Waals surface area contributed by atoms with Crippen LogP contribution in [-0.2, 0) is 0 Å². The molecule has 90 valence electrons. The molecule has 2 nitrogen and oxygen atoms in total. The van der Waals surface area contributed by atoms with Gasteiger partial charge in [-0.2, -0.15) is 0 Å². The normalized spacial score (nSPS) is 9.71. The van der Waals surface area contributed by atoms with E-state index in [1.54, 1.807) is 0 Å². The molecule has 0 heterocycles. The van der Waals surface area contributed by atoms with Crippen molar-refractivity contribution in [2.45, 2.75) is 19.3 Å². The van der Waals surface area contributed by atoms with Gasteiger partial charge in [0.1, 0.15) is 5.82 Å². The lowest BCUT2D eigenvalue weighted by molar-refractivity contribution is 0.0952. The highest BCUT2D eigenvalue weighted by atomic mass is 79.9. The number of carbonyl (C=O) groups is 1. The summed E-state index contributed by atoms with van der Waals surface area (Å²) < 4.78 is 13.6. The highest BCUT2D eigenvalue weighted by Gasteiger charge is 2.10. The summed E-state index contributed by atoms with van der Waals surface area (Å²) in [7, 11) is 0. The van der Waals surface area contributed by atoms with Crippen LogP contribution < -0.4 is 5.32 Å². The maximum atomic E-state index is 13.0. The van der Waals surface area contributed by atoms with Crippen LogP contribution in [0.25, 0.3) is 0 Å². The maximum absolute atomic E-state index is 13.0. The summed E-state index contributed by atoms with van der Waals surface area (Å²) in [5, 5.41) is 2.72. The average Bonchev–Trinajstić information content (AvgIpc) is 2.32. The Labute approximate surface area is 109 Å². The molecule has 1 amide bonds. The number of hydrogen-bond acceptors (Lipinski definition) is 1. The van der Waals surface area contributed by atoms with E-state index >= 15 is 0 Å². The van der Waals surface area contributed by atoms with Crippen molar-refractivity contribution in [1.82, 2.24) is 5.32 Å². The van der Waals surface area contributed by atoms with Crippen molar-refractivity contribution in [2.24, 2.45) is 0 Å². The Balaban J connectivity index is 2.47. The van der Waals surface area contributed by atoms with E-state index in [1.165, 1.54) is 18.2 Å². The van der Waals surface area contributed by atoms with E-state index in [-0.39, 0.29) is 5.91 Å². The van der Waals surface area contributed by atoms with Crippen LogP contribution in [0, 0.1) is 18.2 Å². The summed E-state index contributed by atoms with van der Waals surface area (Å²) in [4.78, 5) is 11.7. The van der Waals surface area contributed by atoms with Gasteiger partial charge in [-0.1, -0.05) is 0 Å². The Hall–Kier alpha value is -1.34. The molecule has 0 atom stereocenters. The molecule has 0 aliphatic rings. The highest BCUT2D eigenvalue weighted by molar-refractivity contribution is 9.10. The van der Waals surface area contributed by atoms with Crippen LogP contribution in [0.1, 0.15) is 29.6 Å². The molecule has 0 spiro atoms. The third-order valence-electron chi connectivity index (χ3n) is 2.21. The molecule has 1 N–H and O–H groups in total. The van der Waals surface area contributed by atoms with Gasteiger partial charge in [-0.15, -0.1) is 12.3 Å². The van der Waals surface area contributed by atoms with Gasteiger partial charge in [0, 0.05) is 17.4 Å². The first kappa shape index (κ1) is 13.7. The predicted octanol–water partition coefficient (Wildman–Crippen LogP) is 3.12. The number of halogens is 2. The SMILES string of the molecule is C#CCCCCNC(=O)c1cc(F)ccc1Br. The van der Waals surface area contributed by atoms with Gasteiger partial charge in [-0.3, -0.25) is 4.79 Å². The lowest BCUT2D eigenvalue weighted by Gasteiger charge is -2.06. The zero-order chi connectivity index (χ0) is 12.7. The van der Waals surface area contributed by atoms with Crippen molar-refractivity contribution in [1.29, 1.82) is 0 Å². The van der Waals surface area contributed by atoms with Gasteiger partial charge in [-0.05, 0) is 47.0 Å². The Morgan fingerprint density at radius 1 is 1.47 bits per heavy atom. The largest absolute Gasteiger partial charge is 0.352 e. The van der Waals surface area contributed by atoms with E-state index in [0.717, 1.165) is 12.8 Å². The minimum Gasteiger partial charge on any atom is -0.352 e. The highest BCUT2D eigenvalue weighted by Crippen LogP contribution is 2.17. The van der Waals surface area contributed by atoms with E-state index in [4.69, 9.17) is 6.42 Å². The minimum atomic E-state index is -0.425. The first-order valence-electron chi connectivity index (χ1n) is 5.32. The Morgan fingerprint density at radius 2 is 2.24 bits per heavy atom. The van der Waals surface area contributed by atoms with Crippen LogP contribution in [0.15, 0.2) is 22.7 Å². The predicted molar refractivity (Wildman–Crippen MR) is 69.1 cm³/mol. The number of rotatable bonds is 5. The fourth-order valence-electron chi connectivity index (χ4n) is 1.32. The van der Waals surface area contributed by atoms with E-state index in [2.05, 4.69) is 27.2 Å². The number of amides is 1. The molecule has 1 aromatic carbocycles. The zero-order valence-corrected chi connectivity index (χ0v) is 10.9. The number of unbranched alkanes of at least 4 members (excludes halogenated alkanes) is 2. The van der Waals surface area contributed by atoms with Crippen molar-refractivity contribution >= 4 is 21.8 Å². The molecular weight excluding hydrogens is 285 g/mol. The fraction of sp³-hybridized carbons (Fsp3) is 0.308. The summed E-state index contributed by atoms with van der Waals surface area (Å²) in [5.41, 5.74) is 0.307. The Kier molecular flexibility index (Phi) is 5.71. The Bertz CT molecular complexity index is 440. The van der Waals surface area contributed by atoms with Crippen molar-refractivity contribution in [3.05, 3.63) is 34.1 Å². The lowest BCUT2D eigenvalue weighted by Crippen LogP contribution is -2.24. The van der Waals surface area contributed by atoms with Crippen LogP contribution in [-0.4, -0.2) is 12.5 Å². The second-order valence-electron chi connectivity index (χ2n) is 3.54. The van der Waals surface area contributed by atoms with Gasteiger partial charge in [0.05, 0.1) is 5.56 Å². The minimum absolute atomic E-state index is 0.280. The van der Waals surface area contributed by atoms with Crippen LogP contribution >= 0.6 is 15.9 Å². The monoisotopic (exact) mass is 297 g/mol. The van der Waals surface area contributed by atoms with Gasteiger partial charge in [0.25, 0.3) is 5.91 Å². The molecule has 0 aliphatic heterocycles. The summed E-state index contributed by atoms with van der Waals surface area (Å²) >= 11 is 3.21. The van der Waals surface area contributed by atoms with E-state index < -0.39 is 5.82 Å². The van der Waals surface area contributed by atoms with Gasteiger partial charge in [-0.25, -0.2) is 4.39 Å². The Morgan fingerprint density at radius 3 is 2.94 bits per heavy atom. The first-order chi connectivity index (χ1) is 8.15. The molecular formula is C13H13BrFNO. The van der Waals surface area contributed by atoms with E-state index in [1.807, 2.05) is 0 Å². The summed E-state index contributed by atoms with van der Waals surface area (Å²) in [6.45, 7) is 0.545. The molecule has 0 aromatic heterocycles. The number of nitrogens with one attached hydrogen (secondary N) is 1. The summed E-state index contributed by atoms with van der Waals surface area (Å²) in [6, 6.07) is 4.03. The van der Waals surface area contributed by atoms with Crippen LogP contribution in [0.3, 0.4) is 0 Å². The van der Waals surface area contributed by atoms with E-state index in [9.17, 15) is 9.18 Å². The first-order valence-corrected chi connectivity index (χ1v) is 6.11. The fourth-order valence-corrected chi connectivity index (χ4v) is 1.75. The standard InChI is InChI=1S/C13H13BrFNO/c1-2-3-4-5-8-16-13(17)11-9-10(15)6-7-12(11)14/h1,6-7,9H,3-5,8H2,(H,16,17). The molecule has 0 aliphatic carbocycles. The molecule has 0 bridgehead atoms. The molecule has 17 heavy (non-hydrogen) atoms. The summed E-state index contributed by atoms with van der Waals surface area (Å²) in [6.07, 6.45) is 7.52. The average molecular weight is 298 g/mol. The molecule has 0 unspecified atom stereocenters. The second kappa shape index (κ2) is 7.08. The molecule has 0 saturated heterocycles. The van der Waals surface area contributed by atoms with Crippen molar-refractivity contribution < 1.29 is 9.18 Å². The lowest BCUT2D eigenvalue weighted by atomic mass is 10.2. The number of hydrogen-bond donors (Lipinski definition) is 1. The van der Waals surface area contributed by atoms with Crippen molar-refractivity contribution in [3.8, 4) is 12.3 Å².